The van der Waals surface area contributed by atoms with Crippen LogP contribution < -0.4 is 5.32 Å². The number of anilines is 1. The zero-order valence-corrected chi connectivity index (χ0v) is 14.0. The van der Waals surface area contributed by atoms with Crippen LogP contribution >= 0.6 is 0 Å². The molecule has 1 aliphatic carbocycles. The van der Waals surface area contributed by atoms with Gasteiger partial charge in [0.1, 0.15) is 6.07 Å². The van der Waals surface area contributed by atoms with Crippen LogP contribution in [0.3, 0.4) is 0 Å². The lowest BCUT2D eigenvalue weighted by atomic mass is 9.97. The van der Waals surface area contributed by atoms with Gasteiger partial charge in [-0.1, -0.05) is 23.8 Å². The molecule has 0 spiro atoms. The maximum Gasteiger partial charge on any atom is 0.244 e. The molecule has 5 nitrogen and oxygen atoms in total. The molecule has 24 heavy (non-hydrogen) atoms. The van der Waals surface area contributed by atoms with Crippen LogP contribution in [-0.4, -0.2) is 29.8 Å². The monoisotopic (exact) mass is 325 g/mol. The summed E-state index contributed by atoms with van der Waals surface area (Å²) in [5.41, 5.74) is 2.26. The summed E-state index contributed by atoms with van der Waals surface area (Å²) >= 11 is 0. The average Bonchev–Trinajstić information content (AvgIpc) is 2.59. The largest absolute Gasteiger partial charge is 0.333 e. The Kier molecular flexibility index (Phi) is 6.56. The lowest BCUT2D eigenvalue weighted by Crippen LogP contribution is -2.37. The molecule has 0 aromatic heterocycles. The van der Waals surface area contributed by atoms with Crippen molar-refractivity contribution in [2.75, 3.05) is 18.4 Å². The lowest BCUT2D eigenvalue weighted by molar-refractivity contribution is -0.132. The molecule has 2 amide bonds. The van der Waals surface area contributed by atoms with Gasteiger partial charge in [0, 0.05) is 13.5 Å². The van der Waals surface area contributed by atoms with Crippen LogP contribution in [0, 0.1) is 11.3 Å². The third-order valence-corrected chi connectivity index (χ3v) is 4.19. The van der Waals surface area contributed by atoms with Crippen molar-refractivity contribution in [2.24, 2.45) is 0 Å². The van der Waals surface area contributed by atoms with Crippen molar-refractivity contribution in [2.45, 2.75) is 39.0 Å². The average molecular weight is 325 g/mol. The second-order valence-corrected chi connectivity index (χ2v) is 6.00. The van der Waals surface area contributed by atoms with E-state index >= 15 is 0 Å². The number of nitrogens with one attached hydrogen (secondary N) is 1. The highest BCUT2D eigenvalue weighted by atomic mass is 16.2. The van der Waals surface area contributed by atoms with Crippen LogP contribution in [-0.2, 0) is 9.59 Å². The van der Waals surface area contributed by atoms with E-state index in [1.54, 1.807) is 29.2 Å². The van der Waals surface area contributed by atoms with Gasteiger partial charge in [-0.3, -0.25) is 9.59 Å². The summed E-state index contributed by atoms with van der Waals surface area (Å²) in [6.45, 7) is 2.03. The molecule has 0 unspecified atom stereocenters. The zero-order chi connectivity index (χ0) is 17.4. The Morgan fingerprint density at radius 2 is 2.08 bits per heavy atom. The summed E-state index contributed by atoms with van der Waals surface area (Å²) in [5, 5.41) is 11.8. The number of carbonyl (C=O) groups is 2. The van der Waals surface area contributed by atoms with Crippen LogP contribution in [0.4, 0.5) is 5.69 Å². The molecule has 0 fully saturated rings. The molecule has 1 N–H and O–H groups in total. The molecule has 0 aliphatic heterocycles. The Morgan fingerprint density at radius 3 is 2.75 bits per heavy atom. The predicted octanol–water partition coefficient (Wildman–Crippen LogP) is 3.24. The number of nitriles is 1. The van der Waals surface area contributed by atoms with Crippen molar-refractivity contribution < 1.29 is 9.59 Å². The quantitative estimate of drug-likeness (QED) is 0.816. The smallest absolute Gasteiger partial charge is 0.244 e. The molecule has 0 atom stereocenters. The number of para-hydroxylation sites is 1. The van der Waals surface area contributed by atoms with Gasteiger partial charge in [0.05, 0.1) is 17.8 Å². The van der Waals surface area contributed by atoms with E-state index in [0.717, 1.165) is 19.3 Å². The van der Waals surface area contributed by atoms with E-state index < -0.39 is 0 Å². The van der Waals surface area contributed by atoms with Gasteiger partial charge >= 0.3 is 0 Å². The van der Waals surface area contributed by atoms with Crippen molar-refractivity contribution >= 4 is 17.5 Å². The molecule has 0 heterocycles. The molecule has 0 bridgehead atoms. The number of hydrogen-bond donors (Lipinski definition) is 1. The number of allylic oxidation sites excluding steroid dienone is 1. The Morgan fingerprint density at radius 1 is 1.29 bits per heavy atom. The van der Waals surface area contributed by atoms with Gasteiger partial charge in [-0.15, -0.1) is 0 Å². The summed E-state index contributed by atoms with van der Waals surface area (Å²) in [6.07, 6.45) is 7.72. The molecular weight excluding hydrogens is 302 g/mol. The molecular formula is C19H23N3O2. The predicted molar refractivity (Wildman–Crippen MR) is 93.2 cm³/mol. The van der Waals surface area contributed by atoms with Crippen LogP contribution in [0.1, 0.15) is 44.6 Å². The van der Waals surface area contributed by atoms with E-state index in [0.29, 0.717) is 17.8 Å². The summed E-state index contributed by atoms with van der Waals surface area (Å²) in [5.74, 6) is -0.402. The Balaban J connectivity index is 1.92. The minimum atomic E-state index is -0.287. The molecule has 5 heteroatoms. The second kappa shape index (κ2) is 8.88. The van der Waals surface area contributed by atoms with Gasteiger partial charge < -0.3 is 10.2 Å². The first-order valence-electron chi connectivity index (χ1n) is 8.32. The third-order valence-electron chi connectivity index (χ3n) is 4.19. The van der Waals surface area contributed by atoms with Crippen molar-refractivity contribution in [3.63, 3.8) is 0 Å². The molecule has 1 aliphatic rings. The summed E-state index contributed by atoms with van der Waals surface area (Å²) in [7, 11) is 0. The Bertz CT molecular complexity index is 673. The molecule has 0 radical (unpaired) electrons. The van der Waals surface area contributed by atoms with Gasteiger partial charge in [0.2, 0.25) is 11.8 Å². The van der Waals surface area contributed by atoms with Crippen molar-refractivity contribution in [3.05, 3.63) is 41.5 Å². The maximum absolute atomic E-state index is 12.2. The van der Waals surface area contributed by atoms with E-state index in [2.05, 4.69) is 11.4 Å². The number of amides is 2. The highest BCUT2D eigenvalue weighted by molar-refractivity contribution is 5.95. The van der Waals surface area contributed by atoms with Gasteiger partial charge in [-0.2, -0.15) is 5.26 Å². The number of rotatable bonds is 6. The van der Waals surface area contributed by atoms with E-state index in [4.69, 9.17) is 5.26 Å². The molecule has 1 aromatic carbocycles. The van der Waals surface area contributed by atoms with Gasteiger partial charge in [0.25, 0.3) is 0 Å². The minimum absolute atomic E-state index is 0.00236. The number of nitrogens with zero attached hydrogens (tertiary/aromatic N) is 2. The summed E-state index contributed by atoms with van der Waals surface area (Å²) < 4.78 is 0. The van der Waals surface area contributed by atoms with Crippen LogP contribution in [0.15, 0.2) is 35.9 Å². The Hall–Kier alpha value is -2.61. The standard InChI is InChI=1S/C19H23N3O2/c1-15(23)22(12-11-16-7-3-2-4-8-16)14-19(24)21-18-10-6-5-9-17(18)13-20/h5-7,9-10H,2-4,8,11-12,14H2,1H3,(H,21,24). The van der Waals surface area contributed by atoms with E-state index in [9.17, 15) is 9.59 Å². The van der Waals surface area contributed by atoms with Crippen LogP contribution in [0.25, 0.3) is 0 Å². The van der Waals surface area contributed by atoms with Crippen molar-refractivity contribution in [3.8, 4) is 6.07 Å². The first-order valence-corrected chi connectivity index (χ1v) is 8.32. The SMILES string of the molecule is CC(=O)N(CCC1=CCCCC1)CC(=O)Nc1ccccc1C#N. The topological polar surface area (TPSA) is 73.2 Å². The lowest BCUT2D eigenvalue weighted by Gasteiger charge is -2.22. The maximum atomic E-state index is 12.2. The van der Waals surface area contributed by atoms with E-state index in [1.165, 1.54) is 25.3 Å². The van der Waals surface area contributed by atoms with Crippen molar-refractivity contribution in [1.82, 2.24) is 4.90 Å². The summed E-state index contributed by atoms with van der Waals surface area (Å²) in [4.78, 5) is 25.6. The number of benzene rings is 1. The zero-order valence-electron chi connectivity index (χ0n) is 14.0. The molecule has 1 aromatic rings. The first kappa shape index (κ1) is 17.7. The Labute approximate surface area is 143 Å². The minimum Gasteiger partial charge on any atom is -0.333 e. The fourth-order valence-electron chi connectivity index (χ4n) is 2.81. The van der Waals surface area contributed by atoms with Gasteiger partial charge in [-0.25, -0.2) is 0 Å². The van der Waals surface area contributed by atoms with E-state index in [1.807, 2.05) is 6.07 Å². The van der Waals surface area contributed by atoms with Gasteiger partial charge in [-0.05, 0) is 44.2 Å². The highest BCUT2D eigenvalue weighted by Gasteiger charge is 2.15. The third kappa shape index (κ3) is 5.24. The molecule has 126 valence electrons. The van der Waals surface area contributed by atoms with Crippen molar-refractivity contribution in [1.29, 1.82) is 5.26 Å². The van der Waals surface area contributed by atoms with Gasteiger partial charge in [0.15, 0.2) is 0 Å². The number of carbonyl (C=O) groups excluding carboxylic acids is 2. The number of hydrogen-bond acceptors (Lipinski definition) is 3. The summed E-state index contributed by atoms with van der Waals surface area (Å²) in [6, 6.07) is 8.87. The first-order chi connectivity index (χ1) is 11.6. The van der Waals surface area contributed by atoms with Crippen LogP contribution in [0.2, 0.25) is 0 Å². The fraction of sp³-hybridized carbons (Fsp3) is 0.421. The molecule has 2 rings (SSSR count). The van der Waals surface area contributed by atoms with Crippen LogP contribution in [0.5, 0.6) is 0 Å². The fourth-order valence-corrected chi connectivity index (χ4v) is 2.81. The molecule has 0 saturated heterocycles. The highest BCUT2D eigenvalue weighted by Crippen LogP contribution is 2.20. The second-order valence-electron chi connectivity index (χ2n) is 6.00. The normalized spacial score (nSPS) is 13.6. The van der Waals surface area contributed by atoms with E-state index in [-0.39, 0.29) is 18.4 Å². The molecule has 0 saturated carbocycles.